The molecule has 0 bridgehead atoms. The van der Waals surface area contributed by atoms with Gasteiger partial charge in [0.1, 0.15) is 12.0 Å². The number of aldehydes is 1. The summed E-state index contributed by atoms with van der Waals surface area (Å²) >= 11 is 0. The van der Waals surface area contributed by atoms with Crippen molar-refractivity contribution >= 4 is 6.29 Å². The van der Waals surface area contributed by atoms with Gasteiger partial charge in [-0.25, -0.2) is 8.78 Å². The normalized spacial score (nSPS) is 22.1. The molecule has 0 spiro atoms. The van der Waals surface area contributed by atoms with Gasteiger partial charge in [0.2, 0.25) is 0 Å². The van der Waals surface area contributed by atoms with Crippen LogP contribution in [0.15, 0.2) is 24.3 Å². The number of hydrogen-bond acceptors (Lipinski definition) is 2. The molecular weight excluding hydrogens is 202 g/mol. The van der Waals surface area contributed by atoms with Crippen LogP contribution in [0.3, 0.4) is 0 Å². The van der Waals surface area contributed by atoms with E-state index in [2.05, 4.69) is 0 Å². The molecule has 0 radical (unpaired) electrons. The molecule has 0 aliphatic heterocycles. The fourth-order valence-corrected chi connectivity index (χ4v) is 1.32. The third kappa shape index (κ3) is 2.32. The molecule has 1 aromatic carbocycles. The van der Waals surface area contributed by atoms with Crippen molar-refractivity contribution in [2.24, 2.45) is 5.92 Å². The zero-order chi connectivity index (χ0) is 10.9. The standard InChI is InChI=1S/C11H10F2O2/c12-11(13)5-9(11)7-15-10-3-1-2-8(4-10)6-14/h1-4,6,9H,5,7H2/t9-/m0/s1. The average molecular weight is 212 g/mol. The van der Waals surface area contributed by atoms with E-state index in [1.54, 1.807) is 18.2 Å². The second-order valence-corrected chi connectivity index (χ2v) is 3.66. The van der Waals surface area contributed by atoms with Crippen molar-refractivity contribution in [1.29, 1.82) is 0 Å². The quantitative estimate of drug-likeness (QED) is 0.717. The molecule has 15 heavy (non-hydrogen) atoms. The van der Waals surface area contributed by atoms with E-state index >= 15 is 0 Å². The number of hydrogen-bond donors (Lipinski definition) is 0. The Labute approximate surface area is 85.9 Å². The van der Waals surface area contributed by atoms with Crippen molar-refractivity contribution in [2.75, 3.05) is 6.61 Å². The Morgan fingerprint density at radius 3 is 2.87 bits per heavy atom. The fourth-order valence-electron chi connectivity index (χ4n) is 1.32. The Bertz CT molecular complexity index is 377. The lowest BCUT2D eigenvalue weighted by molar-refractivity contribution is 0.0855. The maximum absolute atomic E-state index is 12.5. The summed E-state index contributed by atoms with van der Waals surface area (Å²) in [7, 11) is 0. The van der Waals surface area contributed by atoms with E-state index in [0.29, 0.717) is 17.6 Å². The minimum atomic E-state index is -2.55. The number of ether oxygens (including phenoxy) is 1. The molecule has 0 saturated heterocycles. The van der Waals surface area contributed by atoms with Crippen molar-refractivity contribution in [3.8, 4) is 5.75 Å². The molecule has 4 heteroatoms. The SMILES string of the molecule is O=Cc1cccc(OC[C@@H]2CC2(F)F)c1. The summed E-state index contributed by atoms with van der Waals surface area (Å²) in [5.41, 5.74) is 0.482. The van der Waals surface area contributed by atoms with Gasteiger partial charge in [0, 0.05) is 12.0 Å². The molecule has 1 saturated carbocycles. The summed E-state index contributed by atoms with van der Waals surface area (Å²) < 4.78 is 30.2. The van der Waals surface area contributed by atoms with Crippen LogP contribution in [-0.2, 0) is 0 Å². The van der Waals surface area contributed by atoms with Crippen LogP contribution in [-0.4, -0.2) is 18.8 Å². The van der Waals surface area contributed by atoms with E-state index in [1.165, 1.54) is 6.07 Å². The maximum Gasteiger partial charge on any atom is 0.255 e. The van der Waals surface area contributed by atoms with Crippen LogP contribution in [0.5, 0.6) is 5.75 Å². The molecule has 0 aromatic heterocycles. The first-order chi connectivity index (χ1) is 7.12. The second-order valence-electron chi connectivity index (χ2n) is 3.66. The van der Waals surface area contributed by atoms with Crippen LogP contribution in [0, 0.1) is 5.92 Å². The topological polar surface area (TPSA) is 26.3 Å². The van der Waals surface area contributed by atoms with Crippen molar-refractivity contribution in [1.82, 2.24) is 0 Å². The highest BCUT2D eigenvalue weighted by atomic mass is 19.3. The average Bonchev–Trinajstić information content (AvgIpc) is 2.84. The zero-order valence-corrected chi connectivity index (χ0v) is 7.95. The van der Waals surface area contributed by atoms with Crippen molar-refractivity contribution < 1.29 is 18.3 Å². The first-order valence-electron chi connectivity index (χ1n) is 4.68. The van der Waals surface area contributed by atoms with Crippen LogP contribution in [0.25, 0.3) is 0 Å². The smallest absolute Gasteiger partial charge is 0.255 e. The lowest BCUT2D eigenvalue weighted by Crippen LogP contribution is -2.05. The number of halogens is 2. The van der Waals surface area contributed by atoms with Crippen molar-refractivity contribution in [3.05, 3.63) is 29.8 Å². The molecule has 80 valence electrons. The lowest BCUT2D eigenvalue weighted by Gasteiger charge is -2.05. The second kappa shape index (κ2) is 3.61. The van der Waals surface area contributed by atoms with Gasteiger partial charge in [-0.1, -0.05) is 12.1 Å². The highest BCUT2D eigenvalue weighted by molar-refractivity contribution is 5.75. The largest absolute Gasteiger partial charge is 0.493 e. The van der Waals surface area contributed by atoms with E-state index in [9.17, 15) is 13.6 Å². The van der Waals surface area contributed by atoms with E-state index in [1.807, 2.05) is 0 Å². The molecule has 2 nitrogen and oxygen atoms in total. The molecule has 0 heterocycles. The van der Waals surface area contributed by atoms with E-state index in [4.69, 9.17) is 4.74 Å². The third-order valence-corrected chi connectivity index (χ3v) is 2.40. The Hall–Kier alpha value is -1.45. The van der Waals surface area contributed by atoms with Gasteiger partial charge < -0.3 is 4.74 Å². The van der Waals surface area contributed by atoms with Crippen LogP contribution < -0.4 is 4.74 Å². The minimum absolute atomic E-state index is 0.00924. The monoisotopic (exact) mass is 212 g/mol. The van der Waals surface area contributed by atoms with Gasteiger partial charge in [-0.05, 0) is 12.1 Å². The third-order valence-electron chi connectivity index (χ3n) is 2.40. The summed E-state index contributed by atoms with van der Waals surface area (Å²) in [6, 6.07) is 6.47. The van der Waals surface area contributed by atoms with Crippen molar-refractivity contribution in [3.63, 3.8) is 0 Å². The van der Waals surface area contributed by atoms with Gasteiger partial charge in [0.15, 0.2) is 0 Å². The van der Waals surface area contributed by atoms with Gasteiger partial charge in [-0.15, -0.1) is 0 Å². The summed E-state index contributed by atoms with van der Waals surface area (Å²) in [5, 5.41) is 0. The van der Waals surface area contributed by atoms with E-state index in [0.717, 1.165) is 0 Å². The number of carbonyl (C=O) groups excluding carboxylic acids is 1. The Morgan fingerprint density at radius 2 is 2.27 bits per heavy atom. The summed E-state index contributed by atoms with van der Waals surface area (Å²) in [4.78, 5) is 10.4. The fraction of sp³-hybridized carbons (Fsp3) is 0.364. The molecule has 0 unspecified atom stereocenters. The maximum atomic E-state index is 12.5. The summed E-state index contributed by atoms with van der Waals surface area (Å²) in [6.07, 6.45) is 0.596. The molecule has 0 N–H and O–H groups in total. The highest BCUT2D eigenvalue weighted by Gasteiger charge is 2.57. The molecule has 1 aromatic rings. The molecular formula is C11H10F2O2. The molecule has 2 rings (SSSR count). The Morgan fingerprint density at radius 1 is 1.53 bits per heavy atom. The first kappa shape index (κ1) is 10.1. The van der Waals surface area contributed by atoms with Crippen LogP contribution in [0.1, 0.15) is 16.8 Å². The Balaban J connectivity index is 1.91. The van der Waals surface area contributed by atoms with Gasteiger partial charge in [0.05, 0.1) is 12.5 Å². The molecule has 1 atom stereocenters. The van der Waals surface area contributed by atoms with Crippen LogP contribution in [0.4, 0.5) is 8.78 Å². The number of carbonyl (C=O) groups is 1. The van der Waals surface area contributed by atoms with Gasteiger partial charge in [0.25, 0.3) is 5.92 Å². The van der Waals surface area contributed by atoms with Crippen LogP contribution in [0.2, 0.25) is 0 Å². The van der Waals surface area contributed by atoms with Crippen molar-refractivity contribution in [2.45, 2.75) is 12.3 Å². The number of alkyl halides is 2. The minimum Gasteiger partial charge on any atom is -0.493 e. The van der Waals surface area contributed by atoms with Gasteiger partial charge in [-0.2, -0.15) is 0 Å². The number of rotatable bonds is 4. The van der Waals surface area contributed by atoms with Gasteiger partial charge >= 0.3 is 0 Å². The first-order valence-corrected chi connectivity index (χ1v) is 4.68. The Kier molecular flexibility index (Phi) is 2.42. The lowest BCUT2D eigenvalue weighted by atomic mass is 10.2. The van der Waals surface area contributed by atoms with E-state index < -0.39 is 11.8 Å². The molecule has 1 aliphatic rings. The highest BCUT2D eigenvalue weighted by Crippen LogP contribution is 2.48. The molecule has 1 fully saturated rings. The predicted octanol–water partition coefficient (Wildman–Crippen LogP) is 2.53. The van der Waals surface area contributed by atoms with Gasteiger partial charge in [-0.3, -0.25) is 4.79 Å². The summed E-state index contributed by atoms with van der Waals surface area (Å²) in [5.74, 6) is -2.76. The van der Waals surface area contributed by atoms with Crippen LogP contribution >= 0.6 is 0 Å². The molecule has 1 aliphatic carbocycles. The zero-order valence-electron chi connectivity index (χ0n) is 7.95. The molecule has 0 amide bonds. The summed E-state index contributed by atoms with van der Waals surface area (Å²) in [6.45, 7) is 0.00924. The number of benzene rings is 1. The predicted molar refractivity (Wildman–Crippen MR) is 50.4 cm³/mol. The van der Waals surface area contributed by atoms with E-state index in [-0.39, 0.29) is 13.0 Å².